The van der Waals surface area contributed by atoms with Crippen LogP contribution < -0.4 is 14.8 Å². The molecule has 1 aliphatic carbocycles. The Balaban J connectivity index is 1.32. The van der Waals surface area contributed by atoms with Crippen LogP contribution in [0, 0.1) is 0 Å². The Hall–Kier alpha value is -2.73. The summed E-state index contributed by atoms with van der Waals surface area (Å²) < 4.78 is 11.1. The predicted molar refractivity (Wildman–Crippen MR) is 115 cm³/mol. The van der Waals surface area contributed by atoms with Crippen molar-refractivity contribution < 1.29 is 14.3 Å². The highest BCUT2D eigenvalue weighted by Gasteiger charge is 2.50. The summed E-state index contributed by atoms with van der Waals surface area (Å²) in [7, 11) is 4.34. The molecule has 2 aliphatic heterocycles. The number of benzene rings is 2. The maximum atomic E-state index is 12.8. The van der Waals surface area contributed by atoms with Crippen LogP contribution >= 0.6 is 0 Å². The molecule has 5 rings (SSSR count). The monoisotopic (exact) mass is 407 g/mol. The normalized spacial score (nSPS) is 27.7. The van der Waals surface area contributed by atoms with Gasteiger partial charge in [0.15, 0.2) is 11.5 Å². The topological polar surface area (TPSA) is 54.0 Å². The molecule has 0 unspecified atom stereocenters. The van der Waals surface area contributed by atoms with E-state index in [9.17, 15) is 4.79 Å². The quantitative estimate of drug-likeness (QED) is 0.840. The zero-order valence-electron chi connectivity index (χ0n) is 17.7. The fourth-order valence-electron chi connectivity index (χ4n) is 5.40. The number of carbonyl (C=O) groups is 1. The number of nitrogens with zero attached hydrogens (tertiary/aromatic N) is 2. The van der Waals surface area contributed by atoms with Crippen molar-refractivity contribution in [1.29, 1.82) is 0 Å². The van der Waals surface area contributed by atoms with E-state index in [1.807, 2.05) is 23.1 Å². The lowest BCUT2D eigenvalue weighted by atomic mass is 9.69. The second-order valence-corrected chi connectivity index (χ2v) is 9.01. The molecule has 2 amide bonds. The predicted octanol–water partition coefficient (Wildman–Crippen LogP) is 3.71. The van der Waals surface area contributed by atoms with Crippen LogP contribution in [0.15, 0.2) is 48.5 Å². The largest absolute Gasteiger partial charge is 0.454 e. The fraction of sp³-hybridized carbons (Fsp3) is 0.458. The average molecular weight is 408 g/mol. The Morgan fingerprint density at radius 1 is 1.00 bits per heavy atom. The summed E-state index contributed by atoms with van der Waals surface area (Å²) in [6.45, 7) is 1.51. The number of ether oxygens (including phenoxy) is 2. The lowest BCUT2D eigenvalue weighted by Gasteiger charge is -2.48. The molecule has 6 nitrogen and oxygen atoms in total. The minimum absolute atomic E-state index is 0.0172. The molecule has 158 valence electrons. The molecule has 2 fully saturated rings. The van der Waals surface area contributed by atoms with Gasteiger partial charge in [-0.25, -0.2) is 4.79 Å². The summed E-state index contributed by atoms with van der Waals surface area (Å²) in [5.74, 6) is 1.53. The van der Waals surface area contributed by atoms with Gasteiger partial charge in [-0.05, 0) is 51.4 Å². The molecule has 0 aromatic heterocycles. The van der Waals surface area contributed by atoms with Gasteiger partial charge in [-0.1, -0.05) is 42.5 Å². The van der Waals surface area contributed by atoms with Crippen LogP contribution in [0.3, 0.4) is 0 Å². The zero-order chi connectivity index (χ0) is 20.8. The number of nitrogens with one attached hydrogen (secondary N) is 1. The summed E-state index contributed by atoms with van der Waals surface area (Å²) in [5.41, 5.74) is 2.24. The zero-order valence-corrected chi connectivity index (χ0v) is 17.7. The van der Waals surface area contributed by atoms with Gasteiger partial charge >= 0.3 is 6.03 Å². The molecule has 2 heterocycles. The maximum absolute atomic E-state index is 12.8. The van der Waals surface area contributed by atoms with Crippen molar-refractivity contribution in [2.45, 2.75) is 43.3 Å². The third-order valence-corrected chi connectivity index (χ3v) is 7.19. The first kappa shape index (κ1) is 19.2. The summed E-state index contributed by atoms with van der Waals surface area (Å²) in [6.07, 6.45) is 3.98. The number of rotatable bonds is 4. The van der Waals surface area contributed by atoms with E-state index < -0.39 is 0 Å². The van der Waals surface area contributed by atoms with Gasteiger partial charge in [0.05, 0.1) is 12.1 Å². The third kappa shape index (κ3) is 3.10. The summed E-state index contributed by atoms with van der Waals surface area (Å²) >= 11 is 0. The van der Waals surface area contributed by atoms with Gasteiger partial charge in [-0.15, -0.1) is 0 Å². The third-order valence-electron chi connectivity index (χ3n) is 7.19. The Labute approximate surface area is 177 Å². The van der Waals surface area contributed by atoms with Gasteiger partial charge in [0.1, 0.15) is 0 Å². The Morgan fingerprint density at radius 2 is 1.77 bits per heavy atom. The van der Waals surface area contributed by atoms with Gasteiger partial charge in [0, 0.05) is 17.6 Å². The van der Waals surface area contributed by atoms with E-state index >= 15 is 0 Å². The maximum Gasteiger partial charge on any atom is 0.318 e. The van der Waals surface area contributed by atoms with Crippen molar-refractivity contribution in [3.63, 3.8) is 0 Å². The molecule has 2 aromatic rings. The average Bonchev–Trinajstić information content (AvgIpc) is 3.35. The molecule has 1 N–H and O–H groups in total. The van der Waals surface area contributed by atoms with E-state index in [0.29, 0.717) is 6.54 Å². The van der Waals surface area contributed by atoms with Crippen LogP contribution in [0.4, 0.5) is 4.79 Å². The lowest BCUT2D eigenvalue weighted by molar-refractivity contribution is 0.0617. The van der Waals surface area contributed by atoms with Crippen LogP contribution in [-0.2, 0) is 12.1 Å². The highest BCUT2D eigenvalue weighted by molar-refractivity contribution is 5.78. The van der Waals surface area contributed by atoms with Crippen molar-refractivity contribution in [2.24, 2.45) is 0 Å². The molecule has 0 atom stereocenters. The van der Waals surface area contributed by atoms with Crippen molar-refractivity contribution in [2.75, 3.05) is 27.4 Å². The first-order valence-electron chi connectivity index (χ1n) is 10.7. The number of hydrogen-bond acceptors (Lipinski definition) is 4. The number of para-hydroxylation sites is 1. The fourth-order valence-corrected chi connectivity index (χ4v) is 5.40. The molecule has 3 aliphatic rings. The number of urea groups is 1. The van der Waals surface area contributed by atoms with Crippen LogP contribution in [0.5, 0.6) is 11.5 Å². The van der Waals surface area contributed by atoms with Crippen molar-refractivity contribution in [3.8, 4) is 11.5 Å². The minimum Gasteiger partial charge on any atom is -0.454 e. The smallest absolute Gasteiger partial charge is 0.318 e. The second-order valence-electron chi connectivity index (χ2n) is 9.01. The highest BCUT2D eigenvalue weighted by atomic mass is 16.7. The van der Waals surface area contributed by atoms with E-state index in [1.165, 1.54) is 5.56 Å². The van der Waals surface area contributed by atoms with E-state index in [2.05, 4.69) is 54.6 Å². The molecule has 30 heavy (non-hydrogen) atoms. The minimum atomic E-state index is -0.152. The number of carbonyl (C=O) groups excluding carboxylic acids is 1. The molecular weight excluding hydrogens is 378 g/mol. The van der Waals surface area contributed by atoms with Gasteiger partial charge in [0.25, 0.3) is 0 Å². The van der Waals surface area contributed by atoms with Gasteiger partial charge in [-0.3, -0.25) is 4.90 Å². The second kappa shape index (κ2) is 7.20. The van der Waals surface area contributed by atoms with E-state index in [-0.39, 0.29) is 23.9 Å². The molecule has 1 saturated heterocycles. The molecule has 1 spiro atoms. The standard InChI is InChI=1S/C24H29N3O3/c1-26(2)24(19-8-4-3-5-9-19)13-11-23(12-14-24)16-27(22(28)25-23)15-18-7-6-10-20-21(18)30-17-29-20/h3-10H,11-17H2,1-2H3,(H,25,28)/t23-,24+. The number of fused-ring (bicyclic) bond motifs is 1. The van der Waals surface area contributed by atoms with Gasteiger partial charge in [-0.2, -0.15) is 0 Å². The Bertz CT molecular complexity index is 936. The Kier molecular flexibility index (Phi) is 4.62. The van der Waals surface area contributed by atoms with Crippen LogP contribution in [0.25, 0.3) is 0 Å². The van der Waals surface area contributed by atoms with Crippen molar-refractivity contribution in [3.05, 3.63) is 59.7 Å². The SMILES string of the molecule is CN(C)[C@]1(c2ccccc2)CC[C@]2(CC1)CN(Cc1cccc3c1OCO3)C(=O)N2. The van der Waals surface area contributed by atoms with E-state index in [0.717, 1.165) is 49.3 Å². The van der Waals surface area contributed by atoms with Crippen molar-refractivity contribution in [1.82, 2.24) is 15.1 Å². The summed E-state index contributed by atoms with van der Waals surface area (Å²) in [6, 6.07) is 16.7. The Morgan fingerprint density at radius 3 is 2.50 bits per heavy atom. The van der Waals surface area contributed by atoms with E-state index in [4.69, 9.17) is 9.47 Å². The first-order chi connectivity index (χ1) is 14.5. The molecule has 1 saturated carbocycles. The molecule has 0 radical (unpaired) electrons. The number of amides is 2. The van der Waals surface area contributed by atoms with Crippen molar-refractivity contribution >= 4 is 6.03 Å². The summed E-state index contributed by atoms with van der Waals surface area (Å²) in [4.78, 5) is 17.1. The number of hydrogen-bond donors (Lipinski definition) is 1. The van der Waals surface area contributed by atoms with Crippen LogP contribution in [-0.4, -0.2) is 48.8 Å². The molecular formula is C24H29N3O3. The summed E-state index contributed by atoms with van der Waals surface area (Å²) in [5, 5.41) is 3.33. The lowest BCUT2D eigenvalue weighted by Crippen LogP contribution is -2.54. The van der Waals surface area contributed by atoms with Gasteiger partial charge in [0.2, 0.25) is 6.79 Å². The molecule has 0 bridgehead atoms. The van der Waals surface area contributed by atoms with Crippen LogP contribution in [0.2, 0.25) is 0 Å². The molecule has 6 heteroatoms. The van der Waals surface area contributed by atoms with Crippen LogP contribution in [0.1, 0.15) is 36.8 Å². The molecule has 2 aromatic carbocycles. The first-order valence-corrected chi connectivity index (χ1v) is 10.7. The van der Waals surface area contributed by atoms with E-state index in [1.54, 1.807) is 0 Å². The highest BCUT2D eigenvalue weighted by Crippen LogP contribution is 2.46. The van der Waals surface area contributed by atoms with Gasteiger partial charge < -0.3 is 19.7 Å².